The average Bonchev–Trinajstić information content (AvgIpc) is 2.61. The second-order valence-corrected chi connectivity index (χ2v) is 5.69. The fourth-order valence-corrected chi connectivity index (χ4v) is 2.57. The number of carbonyl (C=O) groups is 2. The zero-order valence-electron chi connectivity index (χ0n) is 14.5. The van der Waals surface area contributed by atoms with Crippen molar-refractivity contribution in [2.75, 3.05) is 19.5 Å². The number of carbonyl (C=O) groups excluding carboxylic acids is 1. The van der Waals surface area contributed by atoms with Crippen LogP contribution in [0.3, 0.4) is 0 Å². The predicted molar refractivity (Wildman–Crippen MR) is 101 cm³/mol. The van der Waals surface area contributed by atoms with Crippen LogP contribution in [0, 0.1) is 6.92 Å². The van der Waals surface area contributed by atoms with Gasteiger partial charge in [0.05, 0.1) is 31.0 Å². The lowest BCUT2D eigenvalue weighted by Crippen LogP contribution is -2.34. The van der Waals surface area contributed by atoms with Gasteiger partial charge in [0, 0.05) is 0 Å². The molecule has 0 spiro atoms. The summed E-state index contributed by atoms with van der Waals surface area (Å²) < 4.78 is 10.4. The van der Waals surface area contributed by atoms with Crippen LogP contribution >= 0.6 is 12.2 Å². The van der Waals surface area contributed by atoms with Crippen LogP contribution in [-0.2, 0) is 0 Å². The van der Waals surface area contributed by atoms with Gasteiger partial charge in [0.15, 0.2) is 5.11 Å². The van der Waals surface area contributed by atoms with E-state index >= 15 is 0 Å². The largest absolute Gasteiger partial charge is 0.496 e. The zero-order chi connectivity index (χ0) is 19.3. The SMILES string of the molecule is COc1ccc(C(=O)O)cc1NC(=S)NC(=O)c1cccc(C)c1OC. The molecule has 0 unspecified atom stereocenters. The van der Waals surface area contributed by atoms with Gasteiger partial charge in [-0.25, -0.2) is 4.79 Å². The van der Waals surface area contributed by atoms with E-state index in [1.165, 1.54) is 32.4 Å². The van der Waals surface area contributed by atoms with Crippen molar-refractivity contribution in [2.45, 2.75) is 6.92 Å². The highest BCUT2D eigenvalue weighted by atomic mass is 32.1. The number of amides is 1. The summed E-state index contributed by atoms with van der Waals surface area (Å²) in [4.78, 5) is 23.6. The molecule has 7 nitrogen and oxygen atoms in total. The lowest BCUT2D eigenvalue weighted by Gasteiger charge is -2.15. The highest BCUT2D eigenvalue weighted by molar-refractivity contribution is 7.80. The second kappa shape index (κ2) is 8.30. The van der Waals surface area contributed by atoms with Gasteiger partial charge in [-0.15, -0.1) is 0 Å². The number of hydrogen-bond acceptors (Lipinski definition) is 5. The van der Waals surface area contributed by atoms with E-state index in [1.807, 2.05) is 13.0 Å². The highest BCUT2D eigenvalue weighted by Crippen LogP contribution is 2.26. The Morgan fingerprint density at radius 3 is 2.46 bits per heavy atom. The Hall–Kier alpha value is -3.13. The standard InChI is InChI=1S/C18H18N2O5S/c1-10-5-4-6-12(15(10)25-3)16(21)20-18(26)19-13-9-11(17(22)23)7-8-14(13)24-2/h4-9H,1-3H3,(H,22,23)(H2,19,20,21,26). The summed E-state index contributed by atoms with van der Waals surface area (Å²) in [5.74, 6) is -0.690. The topological polar surface area (TPSA) is 96.9 Å². The van der Waals surface area contributed by atoms with Crippen molar-refractivity contribution in [3.8, 4) is 11.5 Å². The lowest BCUT2D eigenvalue weighted by molar-refractivity contribution is 0.0696. The fourth-order valence-electron chi connectivity index (χ4n) is 2.36. The molecule has 0 atom stereocenters. The van der Waals surface area contributed by atoms with E-state index < -0.39 is 11.9 Å². The number of benzene rings is 2. The van der Waals surface area contributed by atoms with Crippen molar-refractivity contribution >= 4 is 34.9 Å². The third kappa shape index (κ3) is 4.28. The molecule has 8 heteroatoms. The van der Waals surface area contributed by atoms with Gasteiger partial charge in [-0.05, 0) is 49.0 Å². The molecule has 0 saturated heterocycles. The first kappa shape index (κ1) is 19.2. The van der Waals surface area contributed by atoms with Gasteiger partial charge in [0.25, 0.3) is 5.91 Å². The van der Waals surface area contributed by atoms with Gasteiger partial charge >= 0.3 is 5.97 Å². The first-order valence-electron chi connectivity index (χ1n) is 7.54. The molecule has 0 heterocycles. The molecule has 3 N–H and O–H groups in total. The van der Waals surface area contributed by atoms with E-state index in [0.717, 1.165) is 5.56 Å². The molecular formula is C18H18N2O5S. The Labute approximate surface area is 155 Å². The van der Waals surface area contributed by atoms with E-state index in [2.05, 4.69) is 10.6 Å². The van der Waals surface area contributed by atoms with E-state index in [4.69, 9.17) is 26.8 Å². The molecule has 0 radical (unpaired) electrons. The normalized spacial score (nSPS) is 9.96. The van der Waals surface area contributed by atoms with Crippen LogP contribution in [-0.4, -0.2) is 36.3 Å². The third-order valence-electron chi connectivity index (χ3n) is 3.58. The van der Waals surface area contributed by atoms with Crippen LogP contribution in [0.5, 0.6) is 11.5 Å². The number of hydrogen-bond donors (Lipinski definition) is 3. The molecule has 0 fully saturated rings. The first-order valence-corrected chi connectivity index (χ1v) is 7.95. The van der Waals surface area contributed by atoms with Crippen LogP contribution in [0.4, 0.5) is 5.69 Å². The van der Waals surface area contributed by atoms with Crippen molar-refractivity contribution in [1.82, 2.24) is 5.32 Å². The Bertz CT molecular complexity index is 867. The zero-order valence-corrected chi connectivity index (χ0v) is 15.3. The minimum Gasteiger partial charge on any atom is -0.496 e. The summed E-state index contributed by atoms with van der Waals surface area (Å²) in [6.07, 6.45) is 0. The quantitative estimate of drug-likeness (QED) is 0.693. The number of anilines is 1. The molecule has 0 saturated carbocycles. The molecule has 2 aromatic rings. The van der Waals surface area contributed by atoms with Crippen molar-refractivity contribution < 1.29 is 24.2 Å². The molecular weight excluding hydrogens is 356 g/mol. The summed E-state index contributed by atoms with van der Waals surface area (Å²) in [5, 5.41) is 14.4. The number of methoxy groups -OCH3 is 2. The van der Waals surface area contributed by atoms with Gasteiger partial charge in [-0.1, -0.05) is 12.1 Å². The molecule has 2 rings (SSSR count). The Morgan fingerprint density at radius 2 is 1.85 bits per heavy atom. The van der Waals surface area contributed by atoms with Gasteiger partial charge in [0.1, 0.15) is 11.5 Å². The Kier molecular flexibility index (Phi) is 6.13. The maximum Gasteiger partial charge on any atom is 0.335 e. The fraction of sp³-hybridized carbons (Fsp3) is 0.167. The molecule has 0 aliphatic rings. The van der Waals surface area contributed by atoms with Crippen LogP contribution in [0.2, 0.25) is 0 Å². The summed E-state index contributed by atoms with van der Waals surface area (Å²) in [6.45, 7) is 1.83. The second-order valence-electron chi connectivity index (χ2n) is 5.28. The number of aromatic carboxylic acids is 1. The number of aryl methyl sites for hydroxylation is 1. The van der Waals surface area contributed by atoms with Gasteiger partial charge in [-0.3, -0.25) is 10.1 Å². The first-order chi connectivity index (χ1) is 12.4. The summed E-state index contributed by atoms with van der Waals surface area (Å²) in [5.41, 5.74) is 1.54. The third-order valence-corrected chi connectivity index (χ3v) is 3.79. The van der Waals surface area contributed by atoms with Crippen LogP contribution in [0.1, 0.15) is 26.3 Å². The van der Waals surface area contributed by atoms with Crippen LogP contribution < -0.4 is 20.1 Å². The van der Waals surface area contributed by atoms with E-state index in [-0.39, 0.29) is 10.7 Å². The Balaban J connectivity index is 2.19. The monoisotopic (exact) mass is 374 g/mol. The van der Waals surface area contributed by atoms with Gasteiger partial charge in [0.2, 0.25) is 0 Å². The van der Waals surface area contributed by atoms with Gasteiger partial charge in [-0.2, -0.15) is 0 Å². The van der Waals surface area contributed by atoms with E-state index in [1.54, 1.807) is 12.1 Å². The number of ether oxygens (including phenoxy) is 2. The maximum atomic E-state index is 12.5. The number of para-hydroxylation sites is 1. The number of rotatable bonds is 5. The molecule has 136 valence electrons. The number of carboxylic acid groups (broad SMARTS) is 1. The number of thiocarbonyl (C=S) groups is 1. The predicted octanol–water partition coefficient (Wildman–Crippen LogP) is 2.84. The molecule has 0 aliphatic carbocycles. The van der Waals surface area contributed by atoms with Crippen LogP contribution in [0.25, 0.3) is 0 Å². The molecule has 26 heavy (non-hydrogen) atoms. The molecule has 0 aromatic heterocycles. The smallest absolute Gasteiger partial charge is 0.335 e. The Morgan fingerprint density at radius 1 is 1.12 bits per heavy atom. The molecule has 0 bridgehead atoms. The van der Waals surface area contributed by atoms with Crippen molar-refractivity contribution in [3.05, 3.63) is 53.1 Å². The van der Waals surface area contributed by atoms with Crippen LogP contribution in [0.15, 0.2) is 36.4 Å². The summed E-state index contributed by atoms with van der Waals surface area (Å²) >= 11 is 5.15. The van der Waals surface area contributed by atoms with E-state index in [0.29, 0.717) is 22.7 Å². The molecule has 2 aromatic carbocycles. The minimum absolute atomic E-state index is 0.000557. The lowest BCUT2D eigenvalue weighted by atomic mass is 10.1. The number of nitrogens with one attached hydrogen (secondary N) is 2. The average molecular weight is 374 g/mol. The van der Waals surface area contributed by atoms with E-state index in [9.17, 15) is 9.59 Å². The van der Waals surface area contributed by atoms with Crippen molar-refractivity contribution in [1.29, 1.82) is 0 Å². The highest BCUT2D eigenvalue weighted by Gasteiger charge is 2.16. The van der Waals surface area contributed by atoms with Crippen molar-refractivity contribution in [3.63, 3.8) is 0 Å². The molecule has 1 amide bonds. The van der Waals surface area contributed by atoms with Gasteiger partial charge < -0.3 is 19.9 Å². The minimum atomic E-state index is -1.09. The summed E-state index contributed by atoms with van der Waals surface area (Å²) in [7, 11) is 2.93. The molecule has 0 aliphatic heterocycles. The summed E-state index contributed by atoms with van der Waals surface area (Å²) in [6, 6.07) is 9.46. The number of carboxylic acids is 1. The van der Waals surface area contributed by atoms with Crippen molar-refractivity contribution in [2.24, 2.45) is 0 Å². The maximum absolute atomic E-state index is 12.5.